The lowest BCUT2D eigenvalue weighted by Crippen LogP contribution is -2.21. The summed E-state index contributed by atoms with van der Waals surface area (Å²) in [6.07, 6.45) is 2.75. The van der Waals surface area contributed by atoms with Gasteiger partial charge in [-0.1, -0.05) is 6.08 Å². The van der Waals surface area contributed by atoms with Gasteiger partial charge in [0, 0.05) is 0 Å². The van der Waals surface area contributed by atoms with Crippen LogP contribution in [0.25, 0.3) is 22.8 Å². The van der Waals surface area contributed by atoms with E-state index in [1.807, 2.05) is 0 Å². The van der Waals surface area contributed by atoms with Crippen molar-refractivity contribution in [3.05, 3.63) is 45.3 Å². The number of carboxylic acids is 4. The van der Waals surface area contributed by atoms with Crippen LogP contribution in [0, 0.1) is 0 Å². The molecule has 0 aromatic heterocycles. The summed E-state index contributed by atoms with van der Waals surface area (Å²) in [7, 11) is 0. The molecule has 0 radical (unpaired) electrons. The highest BCUT2D eigenvalue weighted by atomic mass is 16.4. The van der Waals surface area contributed by atoms with Crippen molar-refractivity contribution in [2.45, 2.75) is 0 Å². The molecule has 3 rings (SSSR count). The largest absolute Gasteiger partial charge is 0.478 e. The van der Waals surface area contributed by atoms with E-state index in [0.717, 1.165) is 0 Å². The van der Waals surface area contributed by atoms with E-state index in [1.54, 1.807) is 0 Å². The van der Waals surface area contributed by atoms with Crippen molar-refractivity contribution in [2.75, 3.05) is 0 Å². The Kier molecular flexibility index (Phi) is 3.12. The molecule has 0 aliphatic heterocycles. The molecule has 1 aromatic carbocycles. The molecule has 4 N–H and O–H groups in total. The van der Waals surface area contributed by atoms with Crippen LogP contribution in [0.3, 0.4) is 0 Å². The van der Waals surface area contributed by atoms with Crippen LogP contribution in [0.5, 0.6) is 0 Å². The van der Waals surface area contributed by atoms with Gasteiger partial charge in [-0.2, -0.15) is 0 Å². The predicted octanol–water partition coefficient (Wildman–Crippen LogP) is -0.880. The van der Waals surface area contributed by atoms with Gasteiger partial charge in [0.05, 0.1) is 22.3 Å². The van der Waals surface area contributed by atoms with Crippen molar-refractivity contribution in [1.29, 1.82) is 0 Å². The fraction of sp³-hybridized carbons (Fsp3) is 0. The number of hydrogen-bond acceptors (Lipinski definition) is 4. The van der Waals surface area contributed by atoms with Crippen molar-refractivity contribution in [3.63, 3.8) is 0 Å². The normalized spacial score (nSPS) is 14.7. The molecule has 2 aliphatic carbocycles. The van der Waals surface area contributed by atoms with Gasteiger partial charge in [-0.3, -0.25) is 0 Å². The minimum absolute atomic E-state index is 0.0626. The first kappa shape index (κ1) is 15.2. The summed E-state index contributed by atoms with van der Waals surface area (Å²) < 4.78 is 0. The maximum Gasteiger partial charge on any atom is 0.337 e. The van der Waals surface area contributed by atoms with E-state index in [4.69, 9.17) is 5.11 Å². The SMILES string of the molecule is O=C(O)C1=C(C(=O)O)c2cc3c(cc2=C1C(=O)O)C=CC=3C(=O)O. The Labute approximate surface area is 132 Å². The highest BCUT2D eigenvalue weighted by Gasteiger charge is 2.36. The summed E-state index contributed by atoms with van der Waals surface area (Å²) in [6, 6.07) is 2.50. The molecule has 2 aliphatic rings. The fourth-order valence-electron chi connectivity index (χ4n) is 2.90. The molecule has 24 heavy (non-hydrogen) atoms. The van der Waals surface area contributed by atoms with Gasteiger partial charge in [0.15, 0.2) is 0 Å². The van der Waals surface area contributed by atoms with E-state index < -0.39 is 40.6 Å². The standard InChI is InChI=1S/C16H8O8/c17-13(18)6-2-1-5-3-8-9(4-7(5)6)11(15(21)22)12(16(23)24)10(8)14(19)20/h1-4H,(H,17,18)(H,19,20)(H,21,22)(H,23,24). The average molecular weight is 328 g/mol. The maximum absolute atomic E-state index is 11.5. The Hall–Kier alpha value is -3.68. The summed E-state index contributed by atoms with van der Waals surface area (Å²) in [5, 5.41) is 37.2. The molecule has 0 atom stereocenters. The summed E-state index contributed by atoms with van der Waals surface area (Å²) in [5.41, 5.74) is -1.96. The van der Waals surface area contributed by atoms with Gasteiger partial charge >= 0.3 is 23.9 Å². The topological polar surface area (TPSA) is 149 Å². The van der Waals surface area contributed by atoms with Gasteiger partial charge in [0.2, 0.25) is 0 Å². The van der Waals surface area contributed by atoms with Crippen LogP contribution >= 0.6 is 0 Å². The Balaban J connectivity index is 2.52. The highest BCUT2D eigenvalue weighted by Crippen LogP contribution is 2.29. The zero-order valence-corrected chi connectivity index (χ0v) is 11.7. The van der Waals surface area contributed by atoms with Crippen molar-refractivity contribution in [2.24, 2.45) is 0 Å². The van der Waals surface area contributed by atoms with E-state index >= 15 is 0 Å². The van der Waals surface area contributed by atoms with Crippen molar-refractivity contribution in [3.8, 4) is 0 Å². The van der Waals surface area contributed by atoms with E-state index in [0.29, 0.717) is 5.56 Å². The van der Waals surface area contributed by atoms with Crippen LogP contribution in [0.1, 0.15) is 11.1 Å². The van der Waals surface area contributed by atoms with Crippen LogP contribution in [0.2, 0.25) is 0 Å². The molecule has 1 aromatic rings. The lowest BCUT2D eigenvalue weighted by Gasteiger charge is -2.02. The first-order valence-corrected chi connectivity index (χ1v) is 6.53. The van der Waals surface area contributed by atoms with E-state index in [1.165, 1.54) is 24.3 Å². The van der Waals surface area contributed by atoms with Gasteiger partial charge in [-0.15, -0.1) is 0 Å². The number of rotatable bonds is 4. The monoisotopic (exact) mass is 328 g/mol. The fourth-order valence-corrected chi connectivity index (χ4v) is 2.90. The quantitative estimate of drug-likeness (QED) is 0.556. The zero-order chi connectivity index (χ0) is 17.8. The van der Waals surface area contributed by atoms with E-state index in [2.05, 4.69) is 0 Å². The van der Waals surface area contributed by atoms with Crippen molar-refractivity contribution >= 4 is 46.7 Å². The highest BCUT2D eigenvalue weighted by molar-refractivity contribution is 6.37. The summed E-state index contributed by atoms with van der Waals surface area (Å²) in [5.74, 6) is -6.09. The Morgan fingerprint density at radius 2 is 1.21 bits per heavy atom. The first-order chi connectivity index (χ1) is 11.2. The molecule has 0 saturated heterocycles. The number of hydrogen-bond donors (Lipinski definition) is 4. The van der Waals surface area contributed by atoms with Crippen LogP contribution in [0.4, 0.5) is 0 Å². The second kappa shape index (κ2) is 4.92. The van der Waals surface area contributed by atoms with Gasteiger partial charge in [0.1, 0.15) is 0 Å². The molecule has 0 heterocycles. The van der Waals surface area contributed by atoms with Crippen LogP contribution in [-0.2, 0) is 19.2 Å². The molecule has 120 valence electrons. The maximum atomic E-state index is 11.5. The van der Waals surface area contributed by atoms with Gasteiger partial charge < -0.3 is 20.4 Å². The summed E-state index contributed by atoms with van der Waals surface area (Å²) in [4.78, 5) is 45.6. The molecule has 0 amide bonds. The minimum atomic E-state index is -1.68. The molecule has 0 bridgehead atoms. The molecule has 8 nitrogen and oxygen atoms in total. The Bertz CT molecular complexity index is 1050. The lowest BCUT2D eigenvalue weighted by molar-refractivity contribution is -0.135. The third-order valence-electron chi connectivity index (χ3n) is 3.82. The number of carbonyl (C=O) groups is 4. The molecule has 0 saturated carbocycles. The minimum Gasteiger partial charge on any atom is -0.478 e. The Morgan fingerprint density at radius 3 is 1.71 bits per heavy atom. The lowest BCUT2D eigenvalue weighted by atomic mass is 10.0. The van der Waals surface area contributed by atoms with Crippen LogP contribution in [0.15, 0.2) is 23.8 Å². The molecular weight excluding hydrogens is 320 g/mol. The third-order valence-corrected chi connectivity index (χ3v) is 3.82. The van der Waals surface area contributed by atoms with E-state index in [9.17, 15) is 34.5 Å². The average Bonchev–Trinajstić information content (AvgIpc) is 3.02. The molecular formula is C16H8O8. The number of carboxylic acid groups (broad SMARTS) is 4. The van der Waals surface area contributed by atoms with Gasteiger partial charge in [0.25, 0.3) is 0 Å². The Morgan fingerprint density at radius 1 is 0.625 bits per heavy atom. The summed E-state index contributed by atoms with van der Waals surface area (Å²) in [6.45, 7) is 0. The van der Waals surface area contributed by atoms with Gasteiger partial charge in [-0.25, -0.2) is 19.2 Å². The van der Waals surface area contributed by atoms with Crippen molar-refractivity contribution in [1.82, 2.24) is 0 Å². The third kappa shape index (κ3) is 1.93. The summed E-state index contributed by atoms with van der Waals surface area (Å²) >= 11 is 0. The number of benzene rings is 1. The molecule has 0 spiro atoms. The van der Waals surface area contributed by atoms with Crippen LogP contribution < -0.4 is 10.4 Å². The van der Waals surface area contributed by atoms with Crippen LogP contribution in [-0.4, -0.2) is 44.3 Å². The molecule has 0 unspecified atom stereocenters. The number of aliphatic carboxylic acids is 4. The van der Waals surface area contributed by atoms with Gasteiger partial charge in [-0.05, 0) is 39.8 Å². The molecule has 8 heteroatoms. The first-order valence-electron chi connectivity index (χ1n) is 6.53. The second-order valence-corrected chi connectivity index (χ2v) is 5.08. The number of fused-ring (bicyclic) bond motifs is 2. The second-order valence-electron chi connectivity index (χ2n) is 5.08. The molecule has 0 fully saturated rings. The smallest absolute Gasteiger partial charge is 0.337 e. The predicted molar refractivity (Wildman–Crippen MR) is 79.0 cm³/mol. The zero-order valence-electron chi connectivity index (χ0n) is 11.7. The van der Waals surface area contributed by atoms with Crippen molar-refractivity contribution < 1.29 is 39.6 Å². The van der Waals surface area contributed by atoms with E-state index in [-0.39, 0.29) is 21.6 Å².